The van der Waals surface area contributed by atoms with Gasteiger partial charge in [-0.1, -0.05) is 88.4 Å². The van der Waals surface area contributed by atoms with Crippen molar-refractivity contribution in [1.29, 1.82) is 0 Å². The molecule has 5 nitrogen and oxygen atoms in total. The van der Waals surface area contributed by atoms with Crippen LogP contribution in [0.5, 0.6) is 17.2 Å². The van der Waals surface area contributed by atoms with E-state index in [1.54, 1.807) is 25.6 Å². The van der Waals surface area contributed by atoms with E-state index in [2.05, 4.69) is 135 Å². The zero-order valence-corrected chi connectivity index (χ0v) is 34.7. The highest BCUT2D eigenvalue weighted by molar-refractivity contribution is 7.13. The molecule has 4 aliphatic rings. The molecule has 1 aromatic heterocycles. The van der Waals surface area contributed by atoms with Gasteiger partial charge in [0.15, 0.2) is 5.60 Å². The molecular formula is C51H51NO4S. The van der Waals surface area contributed by atoms with Gasteiger partial charge in [-0.25, -0.2) is 0 Å². The topological polar surface area (TPSA) is 40.2 Å². The average molecular weight is 774 g/mol. The van der Waals surface area contributed by atoms with E-state index in [4.69, 9.17) is 18.9 Å². The predicted molar refractivity (Wildman–Crippen MR) is 234 cm³/mol. The van der Waals surface area contributed by atoms with Crippen LogP contribution in [0.1, 0.15) is 74.8 Å². The largest absolute Gasteiger partial charge is 0.497 e. The van der Waals surface area contributed by atoms with Crippen molar-refractivity contribution >= 4 is 33.9 Å². The Balaban J connectivity index is 1.27. The standard InChI is InChI=1S/C51H51NO4S/c1-48(2)30-49(3,4)32-50(31-48)42-11-8-7-10-37(42)45-39-28-41(44-12-9-27-57-44)43(54-6)29-40(39)47-38(46(45)50)21-22-51(56-47,34-15-19-36(53-5)20-16-34)33-13-17-35(18-14-33)52-23-25-55-26-24-52/h7-22,27-29H,23-26,30-32H2,1-6H3. The van der Waals surface area contributed by atoms with E-state index in [-0.39, 0.29) is 16.2 Å². The van der Waals surface area contributed by atoms with Crippen LogP contribution in [-0.2, 0) is 15.8 Å². The number of hydrogen-bond donors (Lipinski definition) is 0. The number of nitrogens with zero attached hydrogens (tertiary/aromatic N) is 1. The zero-order chi connectivity index (χ0) is 39.2. The highest BCUT2D eigenvalue weighted by atomic mass is 32.1. The maximum absolute atomic E-state index is 7.84. The van der Waals surface area contributed by atoms with Crippen molar-refractivity contribution in [2.45, 2.75) is 58.0 Å². The monoisotopic (exact) mass is 773 g/mol. The molecule has 0 bridgehead atoms. The number of anilines is 1. The predicted octanol–water partition coefficient (Wildman–Crippen LogP) is 12.3. The summed E-state index contributed by atoms with van der Waals surface area (Å²) in [5, 5.41) is 4.42. The van der Waals surface area contributed by atoms with Crippen molar-refractivity contribution in [2.24, 2.45) is 10.8 Å². The Morgan fingerprint density at radius 1 is 0.702 bits per heavy atom. The summed E-state index contributed by atoms with van der Waals surface area (Å²) in [6.07, 6.45) is 8.04. The van der Waals surface area contributed by atoms with E-state index in [1.807, 2.05) is 12.1 Å². The number of morpholine rings is 1. The third kappa shape index (κ3) is 5.73. The minimum absolute atomic E-state index is 0.134. The summed E-state index contributed by atoms with van der Waals surface area (Å²) >= 11 is 1.75. The van der Waals surface area contributed by atoms with Crippen molar-refractivity contribution < 1.29 is 18.9 Å². The minimum Gasteiger partial charge on any atom is -0.497 e. The van der Waals surface area contributed by atoms with Crippen LogP contribution >= 0.6 is 11.3 Å². The molecule has 1 atom stereocenters. The van der Waals surface area contributed by atoms with E-state index in [0.717, 1.165) is 78.5 Å². The Bertz CT molecular complexity index is 2510. The van der Waals surface area contributed by atoms with E-state index < -0.39 is 5.60 Å². The molecule has 1 unspecified atom stereocenters. The van der Waals surface area contributed by atoms with Gasteiger partial charge in [-0.15, -0.1) is 11.3 Å². The van der Waals surface area contributed by atoms with Crippen molar-refractivity contribution in [3.63, 3.8) is 0 Å². The molecule has 290 valence electrons. The lowest BCUT2D eigenvalue weighted by molar-refractivity contribution is 0.0642. The molecule has 0 radical (unpaired) electrons. The summed E-state index contributed by atoms with van der Waals surface area (Å²) in [6, 6.07) is 35.6. The Hall–Kier alpha value is -5.04. The van der Waals surface area contributed by atoms with Gasteiger partial charge in [-0.2, -0.15) is 0 Å². The molecule has 1 spiro atoms. The van der Waals surface area contributed by atoms with Crippen LogP contribution in [0.2, 0.25) is 0 Å². The molecule has 1 saturated heterocycles. The fraction of sp³-hybridized carbons (Fsp3) is 0.333. The number of hydrogen-bond acceptors (Lipinski definition) is 6. The maximum Gasteiger partial charge on any atom is 0.178 e. The van der Waals surface area contributed by atoms with E-state index in [0.29, 0.717) is 0 Å². The minimum atomic E-state index is -0.909. The smallest absolute Gasteiger partial charge is 0.178 e. The fourth-order valence-corrected chi connectivity index (χ4v) is 12.3. The van der Waals surface area contributed by atoms with E-state index in [1.165, 1.54) is 50.2 Å². The molecule has 2 fully saturated rings. The molecule has 10 rings (SSSR count). The first-order chi connectivity index (χ1) is 27.5. The lowest BCUT2D eigenvalue weighted by Gasteiger charge is -2.52. The van der Waals surface area contributed by atoms with Gasteiger partial charge in [0.1, 0.15) is 17.2 Å². The normalized spacial score (nSPS) is 21.1. The van der Waals surface area contributed by atoms with Gasteiger partial charge in [0.05, 0.1) is 27.4 Å². The molecule has 5 aromatic carbocycles. The second-order valence-electron chi connectivity index (χ2n) is 18.1. The van der Waals surface area contributed by atoms with Gasteiger partial charge < -0.3 is 23.8 Å². The zero-order valence-electron chi connectivity index (χ0n) is 33.9. The quantitative estimate of drug-likeness (QED) is 0.169. The Kier molecular flexibility index (Phi) is 8.44. The molecule has 3 heterocycles. The maximum atomic E-state index is 7.84. The summed E-state index contributed by atoms with van der Waals surface area (Å²) in [5.41, 5.74) is 10.3. The van der Waals surface area contributed by atoms with Gasteiger partial charge in [0.2, 0.25) is 0 Å². The molecule has 2 aliphatic carbocycles. The van der Waals surface area contributed by atoms with Gasteiger partial charge in [-0.05, 0) is 112 Å². The Morgan fingerprint density at radius 3 is 2.07 bits per heavy atom. The highest BCUT2D eigenvalue weighted by Crippen LogP contribution is 2.67. The summed E-state index contributed by atoms with van der Waals surface area (Å²) in [4.78, 5) is 3.59. The number of methoxy groups -OCH3 is 2. The second-order valence-corrected chi connectivity index (χ2v) is 19.0. The lowest BCUT2D eigenvalue weighted by atomic mass is 9.52. The van der Waals surface area contributed by atoms with Gasteiger partial charge in [-0.3, -0.25) is 0 Å². The number of ether oxygens (including phenoxy) is 4. The summed E-state index contributed by atoms with van der Waals surface area (Å²) < 4.78 is 25.4. The van der Waals surface area contributed by atoms with Crippen LogP contribution in [0.15, 0.2) is 109 Å². The highest BCUT2D eigenvalue weighted by Gasteiger charge is 2.55. The van der Waals surface area contributed by atoms with E-state index in [9.17, 15) is 0 Å². The van der Waals surface area contributed by atoms with Gasteiger partial charge in [0.25, 0.3) is 0 Å². The summed E-state index contributed by atoms with van der Waals surface area (Å²) in [7, 11) is 3.50. The second kappa shape index (κ2) is 13.3. The van der Waals surface area contributed by atoms with Gasteiger partial charge >= 0.3 is 0 Å². The molecule has 6 aromatic rings. The number of rotatable bonds is 6. The molecule has 2 aliphatic heterocycles. The number of benzene rings is 5. The third-order valence-electron chi connectivity index (χ3n) is 13.1. The van der Waals surface area contributed by atoms with Crippen LogP contribution in [0.4, 0.5) is 5.69 Å². The third-order valence-corrected chi connectivity index (χ3v) is 14.0. The Labute approximate surface area is 340 Å². The van der Waals surface area contributed by atoms with Crippen LogP contribution in [0.3, 0.4) is 0 Å². The number of thiophene rings is 1. The first-order valence-corrected chi connectivity index (χ1v) is 21.2. The van der Waals surface area contributed by atoms with Crippen molar-refractivity contribution in [3.05, 3.63) is 136 Å². The summed E-state index contributed by atoms with van der Waals surface area (Å²) in [5.74, 6) is 2.56. The summed E-state index contributed by atoms with van der Waals surface area (Å²) in [6.45, 7) is 13.2. The molecule has 0 N–H and O–H groups in total. The van der Waals surface area contributed by atoms with Gasteiger partial charge in [0, 0.05) is 56.7 Å². The first-order valence-electron chi connectivity index (χ1n) is 20.4. The van der Waals surface area contributed by atoms with Crippen LogP contribution in [0, 0.1) is 10.8 Å². The average Bonchev–Trinajstić information content (AvgIpc) is 3.85. The fourth-order valence-electron chi connectivity index (χ4n) is 11.5. The number of fused-ring (bicyclic) bond motifs is 10. The van der Waals surface area contributed by atoms with Crippen molar-refractivity contribution in [3.8, 4) is 38.8 Å². The SMILES string of the molecule is COc1ccc(C2(c3ccc(N4CCOCC4)cc3)C=Cc3c4c(c5cc(-c6cccs6)c(OC)cc5c3O2)-c2ccccc2C42CC(C)(C)CC(C)(C)C2)cc1. The first kappa shape index (κ1) is 36.3. The molecule has 1 saturated carbocycles. The molecule has 0 amide bonds. The molecule has 57 heavy (non-hydrogen) atoms. The van der Waals surface area contributed by atoms with Crippen molar-refractivity contribution in [1.82, 2.24) is 0 Å². The lowest BCUT2D eigenvalue weighted by Crippen LogP contribution is -2.44. The van der Waals surface area contributed by atoms with Crippen LogP contribution in [-0.4, -0.2) is 40.5 Å². The Morgan fingerprint density at radius 2 is 1.40 bits per heavy atom. The molecular weight excluding hydrogens is 723 g/mol. The van der Waals surface area contributed by atoms with Crippen LogP contribution in [0.25, 0.3) is 38.4 Å². The molecule has 6 heteroatoms. The van der Waals surface area contributed by atoms with E-state index >= 15 is 0 Å². The van der Waals surface area contributed by atoms with Crippen molar-refractivity contribution in [2.75, 3.05) is 45.4 Å². The van der Waals surface area contributed by atoms with Crippen LogP contribution < -0.4 is 19.1 Å².